The Morgan fingerprint density at radius 3 is 3.05 bits per heavy atom. The minimum atomic E-state index is -0.751. The van der Waals surface area contributed by atoms with Crippen molar-refractivity contribution in [2.75, 3.05) is 26.2 Å². The lowest BCUT2D eigenvalue weighted by Crippen LogP contribution is -2.64. The number of hydrogen-bond donors (Lipinski definition) is 1. The maximum absolute atomic E-state index is 12.6. The number of carbonyl (C=O) groups is 2. The molecule has 3 rings (SSSR count). The predicted octanol–water partition coefficient (Wildman–Crippen LogP) is 0.843. The summed E-state index contributed by atoms with van der Waals surface area (Å²) in [4.78, 5) is 29.9. The van der Waals surface area contributed by atoms with E-state index in [-0.39, 0.29) is 11.8 Å². The highest BCUT2D eigenvalue weighted by Crippen LogP contribution is 2.24. The van der Waals surface area contributed by atoms with Crippen LogP contribution in [-0.4, -0.2) is 53.3 Å². The van der Waals surface area contributed by atoms with Crippen LogP contribution in [0.2, 0.25) is 0 Å². The quantitative estimate of drug-likeness (QED) is 0.881. The molecule has 1 fully saturated rings. The highest BCUT2D eigenvalue weighted by Gasteiger charge is 2.40. The zero-order valence-corrected chi connectivity index (χ0v) is 13.3. The molecule has 1 N–H and O–H groups in total. The van der Waals surface area contributed by atoms with Crippen LogP contribution >= 0.6 is 11.3 Å². The molecule has 1 aromatic rings. The van der Waals surface area contributed by atoms with Gasteiger partial charge in [-0.3, -0.25) is 14.5 Å². The number of nitrogens with one attached hydrogen (secondary N) is 1. The highest BCUT2D eigenvalue weighted by atomic mass is 32.1. The van der Waals surface area contributed by atoms with E-state index in [1.807, 2.05) is 13.8 Å². The molecule has 2 aliphatic rings. The van der Waals surface area contributed by atoms with Crippen LogP contribution in [0.1, 0.15) is 24.3 Å². The minimum absolute atomic E-state index is 0.0496. The first-order valence-electron chi connectivity index (χ1n) is 7.35. The molecule has 0 saturated carbocycles. The van der Waals surface area contributed by atoms with E-state index in [2.05, 4.69) is 21.7 Å². The smallest absolute Gasteiger partial charge is 0.245 e. The summed E-state index contributed by atoms with van der Waals surface area (Å²) in [7, 11) is 0. The molecule has 2 aliphatic heterocycles. The van der Waals surface area contributed by atoms with E-state index in [1.54, 1.807) is 16.2 Å². The van der Waals surface area contributed by atoms with Gasteiger partial charge in [-0.1, -0.05) is 0 Å². The first-order chi connectivity index (χ1) is 9.98. The molecule has 2 amide bonds. The molecule has 0 spiro atoms. The summed E-state index contributed by atoms with van der Waals surface area (Å²) >= 11 is 1.80. The molecule has 6 heteroatoms. The van der Waals surface area contributed by atoms with Crippen LogP contribution in [0.4, 0.5) is 0 Å². The maximum Gasteiger partial charge on any atom is 0.245 e. The second kappa shape index (κ2) is 5.42. The fourth-order valence-electron chi connectivity index (χ4n) is 3.05. The molecule has 0 bridgehead atoms. The fraction of sp³-hybridized carbons (Fsp3) is 0.600. The van der Waals surface area contributed by atoms with E-state index < -0.39 is 5.54 Å². The Morgan fingerprint density at radius 1 is 1.43 bits per heavy atom. The Hall–Kier alpha value is -1.40. The predicted molar refractivity (Wildman–Crippen MR) is 82.1 cm³/mol. The van der Waals surface area contributed by atoms with Crippen molar-refractivity contribution < 1.29 is 9.59 Å². The van der Waals surface area contributed by atoms with Crippen LogP contribution in [-0.2, 0) is 22.6 Å². The third-order valence-electron chi connectivity index (χ3n) is 4.40. The molecule has 1 aromatic heterocycles. The van der Waals surface area contributed by atoms with Crippen LogP contribution in [0, 0.1) is 0 Å². The van der Waals surface area contributed by atoms with Gasteiger partial charge in [0.25, 0.3) is 0 Å². The van der Waals surface area contributed by atoms with Gasteiger partial charge in [0.05, 0.1) is 6.54 Å². The summed E-state index contributed by atoms with van der Waals surface area (Å²) in [5.41, 5.74) is 0.591. The van der Waals surface area contributed by atoms with Crippen molar-refractivity contribution >= 4 is 23.2 Å². The van der Waals surface area contributed by atoms with Crippen LogP contribution in [0.15, 0.2) is 11.4 Å². The maximum atomic E-state index is 12.6. The van der Waals surface area contributed by atoms with Crippen LogP contribution in [0.3, 0.4) is 0 Å². The lowest BCUT2D eigenvalue weighted by Gasteiger charge is -2.42. The zero-order valence-electron chi connectivity index (χ0n) is 12.5. The van der Waals surface area contributed by atoms with Crippen LogP contribution < -0.4 is 5.32 Å². The van der Waals surface area contributed by atoms with Crippen molar-refractivity contribution in [2.45, 2.75) is 32.4 Å². The topological polar surface area (TPSA) is 52.7 Å². The molecule has 114 valence electrons. The first-order valence-corrected chi connectivity index (χ1v) is 8.23. The first kappa shape index (κ1) is 14.5. The van der Waals surface area contributed by atoms with E-state index in [1.165, 1.54) is 10.4 Å². The SMILES string of the molecule is CC1(C)C(=O)NCCN1C(=O)CN1CCc2sccc2C1. The van der Waals surface area contributed by atoms with Crippen molar-refractivity contribution in [3.8, 4) is 0 Å². The lowest BCUT2D eigenvalue weighted by atomic mass is 9.98. The summed E-state index contributed by atoms with van der Waals surface area (Å²) in [5, 5.41) is 4.94. The standard InChI is InChI=1S/C15H21N3O2S/c1-15(2)14(20)16-5-7-18(15)13(19)10-17-6-3-12-11(9-17)4-8-21-12/h4,8H,3,5-7,9-10H2,1-2H3,(H,16,20). The molecule has 0 atom stereocenters. The van der Waals surface area contributed by atoms with E-state index in [0.29, 0.717) is 19.6 Å². The average Bonchev–Trinajstić information content (AvgIpc) is 2.89. The summed E-state index contributed by atoms with van der Waals surface area (Å²) in [6, 6.07) is 2.15. The van der Waals surface area contributed by atoms with E-state index in [4.69, 9.17) is 0 Å². The number of piperazine rings is 1. The Morgan fingerprint density at radius 2 is 2.24 bits per heavy atom. The summed E-state index contributed by atoms with van der Waals surface area (Å²) < 4.78 is 0. The molecular weight excluding hydrogens is 286 g/mol. The highest BCUT2D eigenvalue weighted by molar-refractivity contribution is 7.10. The number of carbonyl (C=O) groups excluding carboxylic acids is 2. The second-order valence-corrected chi connectivity index (χ2v) is 7.19. The molecule has 0 unspecified atom stereocenters. The number of nitrogens with zero attached hydrogens (tertiary/aromatic N) is 2. The monoisotopic (exact) mass is 307 g/mol. The van der Waals surface area contributed by atoms with Crippen LogP contribution in [0.5, 0.6) is 0 Å². The third-order valence-corrected chi connectivity index (χ3v) is 5.42. The van der Waals surface area contributed by atoms with Gasteiger partial charge in [0, 0.05) is 31.1 Å². The molecule has 21 heavy (non-hydrogen) atoms. The van der Waals surface area contributed by atoms with Gasteiger partial charge in [-0.25, -0.2) is 0 Å². The second-order valence-electron chi connectivity index (χ2n) is 6.19. The lowest BCUT2D eigenvalue weighted by molar-refractivity contribution is -0.150. The molecule has 3 heterocycles. The van der Waals surface area contributed by atoms with Crippen molar-refractivity contribution in [3.63, 3.8) is 0 Å². The Balaban J connectivity index is 1.65. The third kappa shape index (κ3) is 2.70. The number of hydrogen-bond acceptors (Lipinski definition) is 4. The summed E-state index contributed by atoms with van der Waals surface area (Å²) in [6.07, 6.45) is 1.02. The van der Waals surface area contributed by atoms with Crippen molar-refractivity contribution in [2.24, 2.45) is 0 Å². The fourth-order valence-corrected chi connectivity index (χ4v) is 3.94. The van der Waals surface area contributed by atoms with Crippen molar-refractivity contribution in [1.29, 1.82) is 0 Å². The van der Waals surface area contributed by atoms with Crippen LogP contribution in [0.25, 0.3) is 0 Å². The number of thiophene rings is 1. The van der Waals surface area contributed by atoms with Gasteiger partial charge >= 0.3 is 0 Å². The molecule has 0 aromatic carbocycles. The van der Waals surface area contributed by atoms with Gasteiger partial charge in [-0.05, 0) is 37.3 Å². The van der Waals surface area contributed by atoms with Gasteiger partial charge in [-0.15, -0.1) is 11.3 Å². The summed E-state index contributed by atoms with van der Waals surface area (Å²) in [5.74, 6) is -0.0191. The number of rotatable bonds is 2. The molecule has 1 saturated heterocycles. The number of fused-ring (bicyclic) bond motifs is 1. The largest absolute Gasteiger partial charge is 0.352 e. The van der Waals surface area contributed by atoms with Crippen molar-refractivity contribution in [3.05, 3.63) is 21.9 Å². The van der Waals surface area contributed by atoms with Gasteiger partial charge in [0.1, 0.15) is 5.54 Å². The van der Waals surface area contributed by atoms with Gasteiger partial charge in [0.2, 0.25) is 11.8 Å². The van der Waals surface area contributed by atoms with Gasteiger partial charge in [-0.2, -0.15) is 0 Å². The Kier molecular flexibility index (Phi) is 3.75. The Bertz CT molecular complexity index is 567. The van der Waals surface area contributed by atoms with Crippen molar-refractivity contribution in [1.82, 2.24) is 15.1 Å². The van der Waals surface area contributed by atoms with Gasteiger partial charge in [0.15, 0.2) is 0 Å². The van der Waals surface area contributed by atoms with Gasteiger partial charge < -0.3 is 10.2 Å². The zero-order chi connectivity index (χ0) is 15.0. The molecule has 0 aliphatic carbocycles. The van der Waals surface area contributed by atoms with E-state index >= 15 is 0 Å². The summed E-state index contributed by atoms with van der Waals surface area (Å²) in [6.45, 7) is 6.91. The molecule has 5 nitrogen and oxygen atoms in total. The Labute approximate surface area is 128 Å². The number of amides is 2. The minimum Gasteiger partial charge on any atom is -0.352 e. The molecular formula is C15H21N3O2S. The molecule has 0 radical (unpaired) electrons. The normalized spacial score (nSPS) is 21.8. The average molecular weight is 307 g/mol. The van der Waals surface area contributed by atoms with E-state index in [0.717, 1.165) is 19.5 Å². The van der Waals surface area contributed by atoms with E-state index in [9.17, 15) is 9.59 Å².